The van der Waals surface area contributed by atoms with Crippen molar-refractivity contribution in [3.63, 3.8) is 0 Å². The van der Waals surface area contributed by atoms with Crippen LogP contribution >= 0.6 is 18.7 Å². The largest absolute Gasteiger partial charge is 0.493 e. The van der Waals surface area contributed by atoms with E-state index in [9.17, 15) is 0 Å². The van der Waals surface area contributed by atoms with Gasteiger partial charge in [-0.2, -0.15) is 0 Å². The number of para-hydroxylation sites is 2. The van der Waals surface area contributed by atoms with Crippen LogP contribution in [-0.4, -0.2) is 7.11 Å². The zero-order chi connectivity index (χ0) is 12.1. The highest BCUT2D eigenvalue weighted by Crippen LogP contribution is 2.44. The van der Waals surface area contributed by atoms with E-state index in [0.29, 0.717) is 11.5 Å². The van der Waals surface area contributed by atoms with Crippen molar-refractivity contribution in [3.8, 4) is 11.5 Å². The third-order valence-electron chi connectivity index (χ3n) is 2.21. The molecule has 1 atom stereocenters. The monoisotopic (exact) mass is 266 g/mol. The van der Waals surface area contributed by atoms with Gasteiger partial charge in [-0.1, -0.05) is 42.5 Å². The molecule has 17 heavy (non-hydrogen) atoms. The SMILES string of the molecule is COc1ccccc1OP(Cl)c1ccccc1. The Hall–Kier alpha value is -1.24. The Morgan fingerprint density at radius 3 is 2.12 bits per heavy atom. The van der Waals surface area contributed by atoms with Gasteiger partial charge in [0.1, 0.15) is 0 Å². The normalized spacial score (nSPS) is 11.9. The molecule has 4 heteroatoms. The molecule has 0 N–H and O–H groups in total. The third kappa shape index (κ3) is 3.12. The molecule has 2 aromatic rings. The molecule has 0 heterocycles. The number of hydrogen-bond acceptors (Lipinski definition) is 2. The molecule has 2 nitrogen and oxygen atoms in total. The van der Waals surface area contributed by atoms with Crippen LogP contribution in [0.2, 0.25) is 0 Å². The van der Waals surface area contributed by atoms with Crippen LogP contribution < -0.4 is 14.6 Å². The molecule has 0 spiro atoms. The van der Waals surface area contributed by atoms with E-state index in [4.69, 9.17) is 20.5 Å². The number of halogens is 1. The van der Waals surface area contributed by atoms with E-state index >= 15 is 0 Å². The van der Waals surface area contributed by atoms with Crippen LogP contribution in [0.25, 0.3) is 0 Å². The first-order valence-electron chi connectivity index (χ1n) is 5.13. The first kappa shape index (κ1) is 12.2. The van der Waals surface area contributed by atoms with Gasteiger partial charge in [-0.05, 0) is 23.4 Å². The molecule has 0 aromatic heterocycles. The lowest BCUT2D eigenvalue weighted by molar-refractivity contribution is 0.398. The molecule has 0 aliphatic heterocycles. The lowest BCUT2D eigenvalue weighted by atomic mass is 10.3. The van der Waals surface area contributed by atoms with E-state index in [1.54, 1.807) is 7.11 Å². The predicted molar refractivity (Wildman–Crippen MR) is 72.5 cm³/mol. The molecule has 2 aromatic carbocycles. The van der Waals surface area contributed by atoms with Crippen molar-refractivity contribution in [3.05, 3.63) is 54.6 Å². The molecule has 88 valence electrons. The maximum atomic E-state index is 6.26. The van der Waals surface area contributed by atoms with Gasteiger partial charge >= 0.3 is 0 Å². The molecule has 0 saturated carbocycles. The Bertz CT molecular complexity index is 476. The Morgan fingerprint density at radius 1 is 0.882 bits per heavy atom. The Labute approximate surface area is 107 Å². The molecule has 2 rings (SSSR count). The van der Waals surface area contributed by atoms with Gasteiger partial charge in [0.15, 0.2) is 11.5 Å². The maximum Gasteiger partial charge on any atom is 0.215 e. The number of benzene rings is 2. The van der Waals surface area contributed by atoms with Gasteiger partial charge in [0, 0.05) is 5.30 Å². The topological polar surface area (TPSA) is 18.5 Å². The summed E-state index contributed by atoms with van der Waals surface area (Å²) in [5.41, 5.74) is 0. The van der Waals surface area contributed by atoms with Gasteiger partial charge in [-0.15, -0.1) is 0 Å². The van der Waals surface area contributed by atoms with Crippen LogP contribution in [0.5, 0.6) is 11.5 Å². The van der Waals surface area contributed by atoms with Crippen molar-refractivity contribution in [1.82, 2.24) is 0 Å². The van der Waals surface area contributed by atoms with Gasteiger partial charge < -0.3 is 9.26 Å². The highest BCUT2D eigenvalue weighted by atomic mass is 35.7. The molecule has 0 aliphatic rings. The van der Waals surface area contributed by atoms with E-state index in [-0.39, 0.29) is 0 Å². The lowest BCUT2D eigenvalue weighted by Crippen LogP contribution is -2.00. The highest BCUT2D eigenvalue weighted by molar-refractivity contribution is 7.86. The fraction of sp³-hybridized carbons (Fsp3) is 0.0769. The van der Waals surface area contributed by atoms with E-state index in [2.05, 4.69) is 0 Å². The first-order valence-corrected chi connectivity index (χ1v) is 7.29. The van der Waals surface area contributed by atoms with E-state index < -0.39 is 7.50 Å². The molecular weight excluding hydrogens is 255 g/mol. The number of methoxy groups -OCH3 is 1. The summed E-state index contributed by atoms with van der Waals surface area (Å²) in [6, 6.07) is 17.2. The number of hydrogen-bond donors (Lipinski definition) is 0. The minimum Gasteiger partial charge on any atom is -0.493 e. The second kappa shape index (κ2) is 5.90. The summed E-state index contributed by atoms with van der Waals surface area (Å²) in [4.78, 5) is 0. The van der Waals surface area contributed by atoms with Gasteiger partial charge in [-0.3, -0.25) is 0 Å². The standard InChI is InChI=1S/C13H12ClO2P/c1-15-12-9-5-6-10-13(12)16-17(14)11-7-3-2-4-8-11/h2-10H,1H3. The average molecular weight is 267 g/mol. The zero-order valence-electron chi connectivity index (χ0n) is 9.34. The van der Waals surface area contributed by atoms with Crippen LogP contribution in [0.4, 0.5) is 0 Å². The number of ether oxygens (including phenoxy) is 1. The summed E-state index contributed by atoms with van der Waals surface area (Å²) in [6.07, 6.45) is 0. The molecule has 0 bridgehead atoms. The summed E-state index contributed by atoms with van der Waals surface area (Å²) >= 11 is 6.26. The molecule has 0 amide bonds. The highest BCUT2D eigenvalue weighted by Gasteiger charge is 2.12. The quantitative estimate of drug-likeness (QED) is 0.780. The smallest absolute Gasteiger partial charge is 0.215 e. The molecule has 0 saturated heterocycles. The second-order valence-corrected chi connectivity index (χ2v) is 5.43. The van der Waals surface area contributed by atoms with E-state index in [1.165, 1.54) is 0 Å². The first-order chi connectivity index (χ1) is 8.31. The molecule has 0 aliphatic carbocycles. The molecule has 0 radical (unpaired) electrons. The maximum absolute atomic E-state index is 6.26. The van der Waals surface area contributed by atoms with Crippen molar-refractivity contribution < 1.29 is 9.26 Å². The fourth-order valence-electron chi connectivity index (χ4n) is 1.38. The minimum atomic E-state index is -1.18. The fourth-order valence-corrected chi connectivity index (χ4v) is 2.78. The second-order valence-electron chi connectivity index (χ2n) is 3.32. The molecule has 0 fully saturated rings. The van der Waals surface area contributed by atoms with Gasteiger partial charge in [0.25, 0.3) is 0 Å². The van der Waals surface area contributed by atoms with Crippen LogP contribution in [0, 0.1) is 0 Å². The zero-order valence-corrected chi connectivity index (χ0v) is 11.0. The molecule has 1 unspecified atom stereocenters. The van der Waals surface area contributed by atoms with Crippen molar-refractivity contribution in [2.75, 3.05) is 7.11 Å². The van der Waals surface area contributed by atoms with E-state index in [1.807, 2.05) is 54.6 Å². The number of rotatable bonds is 4. The summed E-state index contributed by atoms with van der Waals surface area (Å²) < 4.78 is 10.9. The van der Waals surface area contributed by atoms with Gasteiger partial charge in [0.2, 0.25) is 7.50 Å². The summed E-state index contributed by atoms with van der Waals surface area (Å²) in [6.45, 7) is 0. The Balaban J connectivity index is 2.16. The van der Waals surface area contributed by atoms with Crippen LogP contribution in [0.15, 0.2) is 54.6 Å². The minimum absolute atomic E-state index is 0.667. The van der Waals surface area contributed by atoms with Crippen LogP contribution in [0.1, 0.15) is 0 Å². The van der Waals surface area contributed by atoms with Crippen LogP contribution in [-0.2, 0) is 0 Å². The predicted octanol–water partition coefficient (Wildman–Crippen LogP) is 3.95. The van der Waals surface area contributed by atoms with E-state index in [0.717, 1.165) is 5.30 Å². The van der Waals surface area contributed by atoms with Crippen molar-refractivity contribution >= 4 is 24.0 Å². The van der Waals surface area contributed by atoms with Crippen LogP contribution in [0.3, 0.4) is 0 Å². The van der Waals surface area contributed by atoms with Gasteiger partial charge in [-0.25, -0.2) is 0 Å². The summed E-state index contributed by atoms with van der Waals surface area (Å²) in [7, 11) is 0.431. The summed E-state index contributed by atoms with van der Waals surface area (Å²) in [5, 5.41) is 0.982. The summed E-state index contributed by atoms with van der Waals surface area (Å²) in [5.74, 6) is 1.36. The van der Waals surface area contributed by atoms with Crippen molar-refractivity contribution in [2.45, 2.75) is 0 Å². The lowest BCUT2D eigenvalue weighted by Gasteiger charge is -2.14. The molecular formula is C13H12ClO2P. The Kier molecular flexibility index (Phi) is 4.24. The van der Waals surface area contributed by atoms with Crippen molar-refractivity contribution in [2.24, 2.45) is 0 Å². The van der Waals surface area contributed by atoms with Crippen molar-refractivity contribution in [1.29, 1.82) is 0 Å². The average Bonchev–Trinajstić information content (AvgIpc) is 2.40. The Morgan fingerprint density at radius 2 is 1.47 bits per heavy atom. The third-order valence-corrected chi connectivity index (χ3v) is 4.06. The van der Waals surface area contributed by atoms with Gasteiger partial charge in [0.05, 0.1) is 7.11 Å².